The van der Waals surface area contributed by atoms with Crippen LogP contribution in [0, 0.1) is 0 Å². The van der Waals surface area contributed by atoms with E-state index in [1.807, 2.05) is 35.7 Å². The largest absolute Gasteiger partial charge is 0.356 e. The molecule has 0 aliphatic carbocycles. The van der Waals surface area contributed by atoms with Gasteiger partial charge in [0.25, 0.3) is 5.91 Å². The Hall–Kier alpha value is -2.93. The number of hydrogen-bond acceptors (Lipinski definition) is 5. The predicted molar refractivity (Wildman–Crippen MR) is 150 cm³/mol. The molecule has 0 saturated heterocycles. The van der Waals surface area contributed by atoms with E-state index in [1.165, 1.54) is 11.1 Å². The number of para-hydroxylation sites is 1. The van der Waals surface area contributed by atoms with Gasteiger partial charge in [0.15, 0.2) is 0 Å². The molecular weight excluding hydrogens is 490 g/mol. The number of aromatic nitrogens is 1. The lowest BCUT2D eigenvalue weighted by molar-refractivity contribution is -0.116. The third-order valence-electron chi connectivity index (χ3n) is 6.39. The SMILES string of the molecule is CC/C1=C(C(=O)NC)/C=C(/c2nc(-c3ccc(Cl)cc3)cs2)COCN1c1c(CC)cccc1CC. The molecule has 2 aromatic carbocycles. The van der Waals surface area contributed by atoms with Crippen LogP contribution in [0.3, 0.4) is 0 Å². The maximum absolute atomic E-state index is 13.2. The molecule has 1 aliphatic heterocycles. The second-order valence-corrected chi connectivity index (χ2v) is 9.84. The summed E-state index contributed by atoms with van der Waals surface area (Å²) in [5.41, 5.74) is 8.00. The summed E-state index contributed by atoms with van der Waals surface area (Å²) >= 11 is 7.60. The predicted octanol–water partition coefficient (Wildman–Crippen LogP) is 6.88. The number of aryl methyl sites for hydroxylation is 2. The van der Waals surface area contributed by atoms with Gasteiger partial charge in [-0.15, -0.1) is 11.3 Å². The molecule has 1 aromatic heterocycles. The normalized spacial score (nSPS) is 17.8. The van der Waals surface area contributed by atoms with Gasteiger partial charge in [0.05, 0.1) is 17.9 Å². The monoisotopic (exact) mass is 521 g/mol. The number of nitrogens with zero attached hydrogens (tertiary/aromatic N) is 2. The van der Waals surface area contributed by atoms with Crippen LogP contribution in [-0.4, -0.2) is 31.3 Å². The Kier molecular flexibility index (Phi) is 8.62. The lowest BCUT2D eigenvalue weighted by atomic mass is 9.99. The van der Waals surface area contributed by atoms with Crippen molar-refractivity contribution in [2.45, 2.75) is 40.0 Å². The maximum atomic E-state index is 13.2. The molecule has 3 aromatic rings. The molecule has 0 bridgehead atoms. The third kappa shape index (κ3) is 5.41. The van der Waals surface area contributed by atoms with Crippen LogP contribution in [0.25, 0.3) is 16.8 Å². The van der Waals surface area contributed by atoms with Crippen molar-refractivity contribution in [2.24, 2.45) is 0 Å². The number of thiazole rings is 1. The first-order valence-electron chi connectivity index (χ1n) is 12.3. The molecule has 4 rings (SSSR count). The highest BCUT2D eigenvalue weighted by Crippen LogP contribution is 2.35. The highest BCUT2D eigenvalue weighted by atomic mass is 35.5. The van der Waals surface area contributed by atoms with E-state index >= 15 is 0 Å². The molecule has 5 nitrogen and oxygen atoms in total. The van der Waals surface area contributed by atoms with E-state index in [-0.39, 0.29) is 5.91 Å². The van der Waals surface area contributed by atoms with E-state index < -0.39 is 0 Å². The minimum absolute atomic E-state index is 0.113. The van der Waals surface area contributed by atoms with E-state index in [9.17, 15) is 4.79 Å². The fourth-order valence-electron chi connectivity index (χ4n) is 4.54. The zero-order valence-corrected chi connectivity index (χ0v) is 22.8. The summed E-state index contributed by atoms with van der Waals surface area (Å²) in [4.78, 5) is 20.3. The number of rotatable bonds is 7. The van der Waals surface area contributed by atoms with Crippen LogP contribution in [-0.2, 0) is 22.4 Å². The van der Waals surface area contributed by atoms with E-state index in [0.29, 0.717) is 30.4 Å². The number of carbonyl (C=O) groups excluding carboxylic acids is 1. The number of amides is 1. The fourth-order valence-corrected chi connectivity index (χ4v) is 5.50. The van der Waals surface area contributed by atoms with Crippen molar-refractivity contribution in [3.05, 3.63) is 86.3 Å². The Morgan fingerprint density at radius 2 is 1.78 bits per heavy atom. The summed E-state index contributed by atoms with van der Waals surface area (Å²) in [5, 5.41) is 6.41. The highest BCUT2D eigenvalue weighted by Gasteiger charge is 2.25. The summed E-state index contributed by atoms with van der Waals surface area (Å²) in [6, 6.07) is 14.1. The van der Waals surface area contributed by atoms with Gasteiger partial charge in [-0.25, -0.2) is 4.98 Å². The molecule has 0 atom stereocenters. The van der Waals surface area contributed by atoms with Gasteiger partial charge in [-0.1, -0.05) is 62.7 Å². The summed E-state index contributed by atoms with van der Waals surface area (Å²) in [7, 11) is 1.68. The molecule has 0 unspecified atom stereocenters. The van der Waals surface area contributed by atoms with Crippen molar-refractivity contribution in [3.8, 4) is 11.3 Å². The first kappa shape index (κ1) is 26.1. The van der Waals surface area contributed by atoms with Crippen molar-refractivity contribution in [3.63, 3.8) is 0 Å². The van der Waals surface area contributed by atoms with Crippen LogP contribution in [0.15, 0.2) is 65.2 Å². The molecule has 1 aliphatic rings. The molecule has 7 heteroatoms. The van der Waals surface area contributed by atoms with Crippen LogP contribution >= 0.6 is 22.9 Å². The number of carbonyl (C=O) groups is 1. The van der Waals surface area contributed by atoms with Crippen molar-refractivity contribution < 1.29 is 9.53 Å². The quantitative estimate of drug-likeness (QED) is 0.368. The lowest BCUT2D eigenvalue weighted by Gasteiger charge is -2.33. The number of hydrogen-bond donors (Lipinski definition) is 1. The fraction of sp³-hybridized carbons (Fsp3) is 0.310. The van der Waals surface area contributed by atoms with Crippen LogP contribution in [0.2, 0.25) is 5.02 Å². The summed E-state index contributed by atoms with van der Waals surface area (Å²) < 4.78 is 6.27. The molecule has 1 amide bonds. The van der Waals surface area contributed by atoms with Crippen LogP contribution in [0.5, 0.6) is 0 Å². The van der Waals surface area contributed by atoms with E-state index in [2.05, 4.69) is 49.2 Å². The molecule has 0 spiro atoms. The lowest BCUT2D eigenvalue weighted by Crippen LogP contribution is -2.33. The molecular formula is C29H32ClN3O2S. The van der Waals surface area contributed by atoms with Crippen LogP contribution in [0.1, 0.15) is 43.3 Å². The Balaban J connectivity index is 1.83. The van der Waals surface area contributed by atoms with Crippen molar-refractivity contribution in [2.75, 3.05) is 25.3 Å². The molecule has 0 fully saturated rings. The van der Waals surface area contributed by atoms with Crippen molar-refractivity contribution in [1.29, 1.82) is 0 Å². The number of likely N-dealkylation sites (N-methyl/N-ethyl adjacent to an activating group) is 1. The Morgan fingerprint density at radius 1 is 1.08 bits per heavy atom. The second-order valence-electron chi connectivity index (χ2n) is 8.54. The van der Waals surface area contributed by atoms with Gasteiger partial charge in [0.2, 0.25) is 0 Å². The molecule has 2 heterocycles. The van der Waals surface area contributed by atoms with Gasteiger partial charge in [0.1, 0.15) is 11.7 Å². The maximum Gasteiger partial charge on any atom is 0.252 e. The van der Waals surface area contributed by atoms with Gasteiger partial charge in [0, 0.05) is 40.0 Å². The summed E-state index contributed by atoms with van der Waals surface area (Å²) in [6.45, 7) is 7.13. The van der Waals surface area contributed by atoms with Crippen LogP contribution < -0.4 is 10.2 Å². The van der Waals surface area contributed by atoms with Gasteiger partial charge in [-0.2, -0.15) is 0 Å². The summed E-state index contributed by atoms with van der Waals surface area (Å²) in [6.07, 6.45) is 4.44. The average Bonchev–Trinajstić information content (AvgIpc) is 3.38. The van der Waals surface area contributed by atoms with Gasteiger partial charge >= 0.3 is 0 Å². The minimum atomic E-state index is -0.113. The van der Waals surface area contributed by atoms with Gasteiger partial charge in [-0.05, 0) is 48.6 Å². The molecule has 188 valence electrons. The van der Waals surface area contributed by atoms with E-state index in [1.54, 1.807) is 18.4 Å². The standard InChI is InChI=1S/C29H32ClN3O2S/c1-5-19-9-8-10-20(6-2)27(19)33-18-35-16-22(15-24(26(33)7-3)28(34)31-4)29-32-25(17-36-29)21-11-13-23(30)14-12-21/h8-15,17H,5-7,16,18H2,1-4H3,(H,31,34)/b22-15+,26-24+. The molecule has 0 radical (unpaired) electrons. The van der Waals surface area contributed by atoms with Crippen LogP contribution in [0.4, 0.5) is 5.69 Å². The van der Waals surface area contributed by atoms with Crippen molar-refractivity contribution in [1.82, 2.24) is 10.3 Å². The first-order chi connectivity index (χ1) is 17.5. The minimum Gasteiger partial charge on any atom is -0.356 e. The number of allylic oxidation sites excluding steroid dienone is 1. The average molecular weight is 522 g/mol. The topological polar surface area (TPSA) is 54.5 Å². The second kappa shape index (κ2) is 11.9. The number of ether oxygens (including phenoxy) is 1. The number of benzene rings is 2. The molecule has 36 heavy (non-hydrogen) atoms. The van der Waals surface area contributed by atoms with Gasteiger partial charge < -0.3 is 15.0 Å². The third-order valence-corrected chi connectivity index (χ3v) is 7.56. The Labute approximate surface area is 222 Å². The number of anilines is 1. The smallest absolute Gasteiger partial charge is 0.252 e. The summed E-state index contributed by atoms with van der Waals surface area (Å²) in [5.74, 6) is -0.113. The van der Waals surface area contributed by atoms with E-state index in [4.69, 9.17) is 21.3 Å². The van der Waals surface area contributed by atoms with E-state index in [0.717, 1.165) is 46.1 Å². The zero-order valence-electron chi connectivity index (χ0n) is 21.2. The van der Waals surface area contributed by atoms with Gasteiger partial charge in [-0.3, -0.25) is 4.79 Å². The molecule has 1 N–H and O–H groups in total. The number of nitrogens with one attached hydrogen (secondary N) is 1. The zero-order chi connectivity index (χ0) is 25.7. The highest BCUT2D eigenvalue weighted by molar-refractivity contribution is 7.11. The Bertz CT molecular complexity index is 1270. The van der Waals surface area contributed by atoms with Crippen molar-refractivity contribution >= 4 is 40.1 Å². The Morgan fingerprint density at radius 3 is 2.39 bits per heavy atom. The first-order valence-corrected chi connectivity index (χ1v) is 13.6. The molecule has 0 saturated carbocycles. The number of halogens is 1.